The molecule has 1 fully saturated rings. The van der Waals surface area contributed by atoms with Crippen LogP contribution in [0.3, 0.4) is 0 Å². The van der Waals surface area contributed by atoms with Crippen molar-refractivity contribution in [3.05, 3.63) is 42.0 Å². The molecule has 2 aromatic carbocycles. The fourth-order valence-electron chi connectivity index (χ4n) is 3.03. The van der Waals surface area contributed by atoms with E-state index in [0.29, 0.717) is 23.1 Å². The highest BCUT2D eigenvalue weighted by Gasteiger charge is 2.47. The van der Waals surface area contributed by atoms with Gasteiger partial charge in [0, 0.05) is 13.0 Å². The van der Waals surface area contributed by atoms with Crippen molar-refractivity contribution < 1.29 is 22.7 Å². The Bertz CT molecular complexity index is 776. The zero-order chi connectivity index (χ0) is 18.0. The minimum atomic E-state index is -4.52. The van der Waals surface area contributed by atoms with Gasteiger partial charge in [0.25, 0.3) is 0 Å². The number of hydrogen-bond acceptors (Lipinski definition) is 3. The first-order valence-corrected chi connectivity index (χ1v) is 8.18. The van der Waals surface area contributed by atoms with Gasteiger partial charge in [-0.1, -0.05) is 31.2 Å². The van der Waals surface area contributed by atoms with E-state index in [9.17, 15) is 18.0 Å². The summed E-state index contributed by atoms with van der Waals surface area (Å²) in [6.07, 6.45) is -3.65. The van der Waals surface area contributed by atoms with Crippen LogP contribution in [0.5, 0.6) is 5.75 Å². The van der Waals surface area contributed by atoms with Crippen LogP contribution in [0, 0.1) is 0 Å². The molecular weight excluding hydrogens is 333 g/mol. The molecular formula is C18H19F3N2O2. The lowest BCUT2D eigenvalue weighted by Gasteiger charge is -2.30. The van der Waals surface area contributed by atoms with E-state index < -0.39 is 18.1 Å². The maximum absolute atomic E-state index is 13.8. The molecule has 4 nitrogen and oxygen atoms in total. The van der Waals surface area contributed by atoms with Crippen LogP contribution in [0.2, 0.25) is 0 Å². The molecule has 134 valence electrons. The van der Waals surface area contributed by atoms with Gasteiger partial charge in [0.2, 0.25) is 5.91 Å². The number of nitrogens with zero attached hydrogens (tertiary/aromatic N) is 1. The summed E-state index contributed by atoms with van der Waals surface area (Å²) in [7, 11) is 0. The lowest BCUT2D eigenvalue weighted by atomic mass is 9.97. The van der Waals surface area contributed by atoms with E-state index in [-0.39, 0.29) is 18.5 Å². The van der Waals surface area contributed by atoms with Crippen LogP contribution in [-0.4, -0.2) is 30.2 Å². The first-order chi connectivity index (χ1) is 11.9. The lowest BCUT2D eigenvalue weighted by molar-refractivity contribution is -0.190. The van der Waals surface area contributed by atoms with E-state index in [1.54, 1.807) is 30.3 Å². The molecule has 0 unspecified atom stereocenters. The molecule has 1 atom stereocenters. The Labute approximate surface area is 143 Å². The van der Waals surface area contributed by atoms with Gasteiger partial charge in [0.15, 0.2) is 6.04 Å². The Morgan fingerprint density at radius 1 is 1.28 bits per heavy atom. The van der Waals surface area contributed by atoms with E-state index in [1.807, 2.05) is 6.92 Å². The average molecular weight is 352 g/mol. The highest BCUT2D eigenvalue weighted by atomic mass is 19.4. The number of nitrogens with one attached hydrogen (secondary N) is 1. The van der Waals surface area contributed by atoms with Crippen LogP contribution in [0.25, 0.3) is 10.8 Å². The van der Waals surface area contributed by atoms with Crippen molar-refractivity contribution in [1.29, 1.82) is 0 Å². The van der Waals surface area contributed by atoms with Crippen LogP contribution in [0.1, 0.15) is 31.4 Å². The fraction of sp³-hybridized carbons (Fsp3) is 0.389. The topological polar surface area (TPSA) is 41.6 Å². The zero-order valence-corrected chi connectivity index (χ0v) is 13.8. The Morgan fingerprint density at radius 3 is 2.72 bits per heavy atom. The van der Waals surface area contributed by atoms with Crippen LogP contribution >= 0.6 is 0 Å². The average Bonchev–Trinajstić information content (AvgIpc) is 2.98. The quantitative estimate of drug-likeness (QED) is 0.885. The number of benzene rings is 2. The number of hydrogen-bond donors (Lipinski definition) is 1. The third-order valence-corrected chi connectivity index (χ3v) is 4.12. The molecule has 0 spiro atoms. The van der Waals surface area contributed by atoms with Gasteiger partial charge < -0.3 is 4.74 Å². The normalized spacial score (nSPS) is 16.9. The molecule has 7 heteroatoms. The maximum Gasteiger partial charge on any atom is 0.409 e. The van der Waals surface area contributed by atoms with Crippen molar-refractivity contribution in [2.75, 3.05) is 13.2 Å². The molecule has 1 aliphatic heterocycles. The summed E-state index contributed by atoms with van der Waals surface area (Å²) < 4.78 is 46.9. The second kappa shape index (κ2) is 6.92. The van der Waals surface area contributed by atoms with Crippen molar-refractivity contribution in [2.45, 2.75) is 32.0 Å². The molecule has 0 saturated carbocycles. The van der Waals surface area contributed by atoms with Gasteiger partial charge >= 0.3 is 6.18 Å². The van der Waals surface area contributed by atoms with Crippen molar-refractivity contribution in [2.24, 2.45) is 0 Å². The Kier molecular flexibility index (Phi) is 4.85. The fourth-order valence-corrected chi connectivity index (χ4v) is 3.03. The third kappa shape index (κ3) is 3.71. The molecule has 25 heavy (non-hydrogen) atoms. The van der Waals surface area contributed by atoms with Crippen LogP contribution in [0.15, 0.2) is 36.4 Å². The van der Waals surface area contributed by atoms with Crippen LogP contribution in [0.4, 0.5) is 13.2 Å². The van der Waals surface area contributed by atoms with Crippen molar-refractivity contribution in [3.8, 4) is 5.75 Å². The maximum atomic E-state index is 13.8. The van der Waals surface area contributed by atoms with Gasteiger partial charge in [-0.25, -0.2) is 5.01 Å². The zero-order valence-electron chi connectivity index (χ0n) is 13.8. The molecule has 0 bridgehead atoms. The molecule has 0 radical (unpaired) electrons. The van der Waals surface area contributed by atoms with Crippen LogP contribution in [-0.2, 0) is 4.79 Å². The Balaban J connectivity index is 2.08. The summed E-state index contributed by atoms with van der Waals surface area (Å²) in [6.45, 7) is 2.48. The third-order valence-electron chi connectivity index (χ3n) is 4.12. The molecule has 2 aromatic rings. The summed E-state index contributed by atoms with van der Waals surface area (Å²) in [5.41, 5.74) is 2.42. The predicted octanol–water partition coefficient (Wildman–Crippen LogP) is 3.97. The summed E-state index contributed by atoms with van der Waals surface area (Å²) in [4.78, 5) is 11.4. The van der Waals surface area contributed by atoms with Gasteiger partial charge in [0.05, 0.1) is 6.61 Å². The number of fused-ring (bicyclic) bond motifs is 1. The number of carbonyl (C=O) groups excluding carboxylic acids is 1. The van der Waals surface area contributed by atoms with Gasteiger partial charge in [0.1, 0.15) is 5.75 Å². The monoisotopic (exact) mass is 352 g/mol. The van der Waals surface area contributed by atoms with Crippen LogP contribution < -0.4 is 10.2 Å². The first-order valence-electron chi connectivity index (χ1n) is 8.18. The van der Waals surface area contributed by atoms with E-state index in [0.717, 1.165) is 11.4 Å². The van der Waals surface area contributed by atoms with E-state index in [1.165, 1.54) is 6.07 Å². The smallest absolute Gasteiger partial charge is 0.409 e. The number of amides is 1. The lowest BCUT2D eigenvalue weighted by Crippen LogP contribution is -2.43. The summed E-state index contributed by atoms with van der Waals surface area (Å²) in [5, 5.41) is 2.14. The number of hydrazine groups is 1. The number of halogens is 3. The molecule has 0 aromatic heterocycles. The van der Waals surface area contributed by atoms with E-state index in [4.69, 9.17) is 4.74 Å². The Hall–Kier alpha value is -2.28. The minimum absolute atomic E-state index is 0.0193. The number of alkyl halides is 3. The summed E-state index contributed by atoms with van der Waals surface area (Å²) >= 11 is 0. The largest absolute Gasteiger partial charge is 0.494 e. The first kappa shape index (κ1) is 17.5. The molecule has 1 amide bonds. The minimum Gasteiger partial charge on any atom is -0.494 e. The second-order valence-corrected chi connectivity index (χ2v) is 6.00. The van der Waals surface area contributed by atoms with Gasteiger partial charge in [-0.3, -0.25) is 10.2 Å². The SMILES string of the molecule is CCCOc1ccc2cccc([C@H](N3CCC(=O)N3)C(F)(F)F)c2c1. The standard InChI is InChI=1S/C18H19F3N2O2/c1-2-10-25-13-7-6-12-4-3-5-14(15(12)11-13)17(18(19,20)21)23-9-8-16(24)22-23/h3-7,11,17H,2,8-10H2,1H3,(H,22,24)/t17-/m0/s1. The molecule has 1 saturated heterocycles. The van der Waals surface area contributed by atoms with E-state index in [2.05, 4.69) is 5.43 Å². The van der Waals surface area contributed by atoms with Gasteiger partial charge in [-0.15, -0.1) is 0 Å². The Morgan fingerprint density at radius 2 is 2.08 bits per heavy atom. The predicted molar refractivity (Wildman–Crippen MR) is 88.0 cm³/mol. The number of carbonyl (C=O) groups is 1. The van der Waals surface area contributed by atoms with Crippen molar-refractivity contribution >= 4 is 16.7 Å². The van der Waals surface area contributed by atoms with Crippen molar-refractivity contribution in [1.82, 2.24) is 10.4 Å². The summed E-state index contributed by atoms with van der Waals surface area (Å²) in [5.74, 6) is 0.134. The van der Waals surface area contributed by atoms with Gasteiger partial charge in [-0.2, -0.15) is 13.2 Å². The molecule has 3 rings (SSSR count). The number of ether oxygens (including phenoxy) is 1. The highest BCUT2D eigenvalue weighted by Crippen LogP contribution is 2.41. The molecule has 1 N–H and O–H groups in total. The summed E-state index contributed by atoms with van der Waals surface area (Å²) in [6, 6.07) is 8.05. The molecule has 1 aliphatic rings. The molecule has 1 heterocycles. The van der Waals surface area contributed by atoms with Crippen molar-refractivity contribution in [3.63, 3.8) is 0 Å². The second-order valence-electron chi connectivity index (χ2n) is 6.00. The highest BCUT2D eigenvalue weighted by molar-refractivity contribution is 5.87. The molecule has 0 aliphatic carbocycles. The van der Waals surface area contributed by atoms with E-state index >= 15 is 0 Å². The number of rotatable bonds is 5. The van der Waals surface area contributed by atoms with Gasteiger partial charge in [-0.05, 0) is 34.9 Å².